The van der Waals surface area contributed by atoms with Crippen LogP contribution in [-0.2, 0) is 5.41 Å². The molecular formula is C42H31N5. The molecule has 0 fully saturated rings. The average Bonchev–Trinajstić information content (AvgIpc) is 3.55. The zero-order valence-electron chi connectivity index (χ0n) is 26.2. The number of para-hydroxylation sites is 3. The van der Waals surface area contributed by atoms with Crippen LogP contribution in [-0.4, -0.2) is 19.5 Å². The summed E-state index contributed by atoms with van der Waals surface area (Å²) >= 11 is 0. The van der Waals surface area contributed by atoms with Crippen LogP contribution in [0, 0.1) is 0 Å². The van der Waals surface area contributed by atoms with E-state index in [-0.39, 0.29) is 5.41 Å². The van der Waals surface area contributed by atoms with Gasteiger partial charge in [-0.25, -0.2) is 0 Å². The number of hydrogen-bond donors (Lipinski definition) is 0. The number of nitrogens with zero attached hydrogens (tertiary/aromatic N) is 5. The lowest BCUT2D eigenvalue weighted by Gasteiger charge is -2.28. The predicted octanol–water partition coefficient (Wildman–Crippen LogP) is 10.1. The summed E-state index contributed by atoms with van der Waals surface area (Å²) < 4.78 is 2.16. The molecule has 0 amide bonds. The van der Waals surface area contributed by atoms with Crippen LogP contribution in [0.1, 0.15) is 30.5 Å². The van der Waals surface area contributed by atoms with Gasteiger partial charge in [0.1, 0.15) is 0 Å². The molecule has 2 aromatic heterocycles. The molecule has 0 saturated carbocycles. The van der Waals surface area contributed by atoms with Crippen LogP contribution >= 0.6 is 0 Å². The maximum atomic E-state index is 5.30. The highest BCUT2D eigenvalue weighted by Gasteiger charge is 2.39. The van der Waals surface area contributed by atoms with Gasteiger partial charge >= 0.3 is 0 Å². The monoisotopic (exact) mass is 605 g/mol. The molecule has 7 aromatic rings. The van der Waals surface area contributed by atoms with Crippen molar-refractivity contribution in [3.05, 3.63) is 169 Å². The van der Waals surface area contributed by atoms with Gasteiger partial charge in [-0.05, 0) is 40.5 Å². The third-order valence-electron chi connectivity index (χ3n) is 9.58. The molecule has 0 bridgehead atoms. The third kappa shape index (κ3) is 4.13. The summed E-state index contributed by atoms with van der Waals surface area (Å²) in [6.07, 6.45) is 4.47. The summed E-state index contributed by atoms with van der Waals surface area (Å²) in [7, 11) is 0. The minimum absolute atomic E-state index is 0.203. The number of anilines is 2. The van der Waals surface area contributed by atoms with Crippen molar-refractivity contribution >= 4 is 44.6 Å². The Balaban J connectivity index is 1.37. The maximum absolute atomic E-state index is 5.30. The predicted molar refractivity (Wildman–Crippen MR) is 193 cm³/mol. The van der Waals surface area contributed by atoms with Gasteiger partial charge in [0, 0.05) is 39.1 Å². The standard InChI is InChI=1S/C42H31N5/c1-27-25-35-33(30-18-7-11-21-34(30)42(35,2)3)26-46(36-22-12-8-17-29(27)36)40-43-39(28-15-5-4-6-16-28)44-41(45-40)47-37-23-13-9-19-31(37)32-20-10-14-24-38(32)47/h4-26H,1H2,2-3H3/b33-26-,35-25+. The molecule has 224 valence electrons. The largest absolute Gasteiger partial charge is 0.285 e. The number of allylic oxidation sites excluding steroid dienone is 4. The summed E-state index contributed by atoms with van der Waals surface area (Å²) in [5.74, 6) is 1.70. The lowest BCUT2D eigenvalue weighted by atomic mass is 9.80. The first-order chi connectivity index (χ1) is 23.0. The van der Waals surface area contributed by atoms with Crippen LogP contribution in [0.2, 0.25) is 0 Å². The number of fused-ring (bicyclic) bond motifs is 7. The normalized spacial score (nSPS) is 17.2. The van der Waals surface area contributed by atoms with Crippen molar-refractivity contribution in [1.29, 1.82) is 0 Å². The molecule has 0 saturated heterocycles. The Labute approximate surface area is 273 Å². The van der Waals surface area contributed by atoms with Crippen LogP contribution in [0.25, 0.3) is 50.3 Å². The van der Waals surface area contributed by atoms with Crippen LogP contribution in [0.5, 0.6) is 0 Å². The molecule has 9 rings (SSSR count). The van der Waals surface area contributed by atoms with E-state index in [1.54, 1.807) is 0 Å². The molecule has 5 nitrogen and oxygen atoms in total. The molecule has 0 radical (unpaired) electrons. The second-order valence-electron chi connectivity index (χ2n) is 12.7. The van der Waals surface area contributed by atoms with E-state index in [4.69, 9.17) is 15.0 Å². The van der Waals surface area contributed by atoms with Crippen molar-refractivity contribution < 1.29 is 0 Å². The van der Waals surface area contributed by atoms with Crippen LogP contribution in [0.4, 0.5) is 11.6 Å². The van der Waals surface area contributed by atoms with E-state index in [0.717, 1.165) is 49.8 Å². The molecule has 0 unspecified atom stereocenters. The van der Waals surface area contributed by atoms with Crippen LogP contribution in [0.15, 0.2) is 152 Å². The zero-order chi connectivity index (χ0) is 31.7. The topological polar surface area (TPSA) is 46.8 Å². The van der Waals surface area contributed by atoms with E-state index in [0.29, 0.717) is 17.7 Å². The number of hydrogen-bond acceptors (Lipinski definition) is 4. The first-order valence-electron chi connectivity index (χ1n) is 15.9. The van der Waals surface area contributed by atoms with E-state index in [9.17, 15) is 0 Å². The Morgan fingerprint density at radius 1 is 0.596 bits per heavy atom. The van der Waals surface area contributed by atoms with E-state index in [1.165, 1.54) is 16.7 Å². The average molecular weight is 606 g/mol. The first-order valence-corrected chi connectivity index (χ1v) is 15.9. The summed E-state index contributed by atoms with van der Waals surface area (Å²) in [4.78, 5) is 17.8. The molecule has 5 aromatic carbocycles. The molecule has 3 heterocycles. The van der Waals surface area contributed by atoms with Gasteiger partial charge in [-0.1, -0.05) is 136 Å². The summed E-state index contributed by atoms with van der Waals surface area (Å²) in [5, 5.41) is 2.31. The Bertz CT molecular complexity index is 2410. The van der Waals surface area contributed by atoms with Gasteiger partial charge in [-0.2, -0.15) is 15.0 Å². The van der Waals surface area contributed by atoms with Crippen molar-refractivity contribution in [2.45, 2.75) is 19.3 Å². The molecular weight excluding hydrogens is 574 g/mol. The lowest BCUT2D eigenvalue weighted by molar-refractivity contribution is 0.661. The Kier molecular flexibility index (Phi) is 5.93. The highest BCUT2D eigenvalue weighted by Crippen LogP contribution is 2.52. The molecule has 0 N–H and O–H groups in total. The Hall–Kier alpha value is -6.07. The van der Waals surface area contributed by atoms with Gasteiger partial charge < -0.3 is 0 Å². The van der Waals surface area contributed by atoms with Crippen molar-refractivity contribution in [2.75, 3.05) is 4.90 Å². The summed E-state index contributed by atoms with van der Waals surface area (Å²) in [5.41, 5.74) is 10.6. The summed E-state index contributed by atoms with van der Waals surface area (Å²) in [6, 6.07) is 44.1. The minimum atomic E-state index is -0.203. The fraction of sp³-hybridized carbons (Fsp3) is 0.0714. The van der Waals surface area contributed by atoms with Gasteiger partial charge in [0.05, 0.1) is 16.7 Å². The van der Waals surface area contributed by atoms with E-state index < -0.39 is 0 Å². The molecule has 0 atom stereocenters. The Morgan fingerprint density at radius 3 is 1.94 bits per heavy atom. The van der Waals surface area contributed by atoms with Crippen molar-refractivity contribution in [1.82, 2.24) is 19.5 Å². The van der Waals surface area contributed by atoms with Crippen LogP contribution in [0.3, 0.4) is 0 Å². The van der Waals surface area contributed by atoms with E-state index >= 15 is 0 Å². The van der Waals surface area contributed by atoms with Gasteiger partial charge in [-0.3, -0.25) is 9.47 Å². The van der Waals surface area contributed by atoms with Crippen molar-refractivity contribution in [3.8, 4) is 17.3 Å². The molecule has 5 heteroatoms. The highest BCUT2D eigenvalue weighted by atomic mass is 15.3. The molecule has 47 heavy (non-hydrogen) atoms. The highest BCUT2D eigenvalue weighted by molar-refractivity contribution is 6.09. The van der Waals surface area contributed by atoms with Crippen LogP contribution < -0.4 is 4.90 Å². The van der Waals surface area contributed by atoms with Gasteiger partial charge in [0.2, 0.25) is 11.9 Å². The summed E-state index contributed by atoms with van der Waals surface area (Å²) in [6.45, 7) is 9.16. The number of aromatic nitrogens is 4. The first kappa shape index (κ1) is 27.3. The van der Waals surface area contributed by atoms with Gasteiger partial charge in [0.15, 0.2) is 5.82 Å². The van der Waals surface area contributed by atoms with Gasteiger partial charge in [0.25, 0.3) is 0 Å². The number of rotatable bonds is 3. The lowest BCUT2D eigenvalue weighted by Crippen LogP contribution is -2.20. The number of benzene rings is 5. The molecule has 2 aliphatic rings. The van der Waals surface area contributed by atoms with Crippen molar-refractivity contribution in [3.63, 3.8) is 0 Å². The smallest absolute Gasteiger partial charge is 0.240 e. The fourth-order valence-corrected chi connectivity index (χ4v) is 7.27. The van der Waals surface area contributed by atoms with Gasteiger partial charge in [-0.15, -0.1) is 0 Å². The van der Waals surface area contributed by atoms with E-state index in [1.807, 2.05) is 30.3 Å². The zero-order valence-corrected chi connectivity index (χ0v) is 26.2. The van der Waals surface area contributed by atoms with Crippen molar-refractivity contribution in [2.24, 2.45) is 0 Å². The third-order valence-corrected chi connectivity index (χ3v) is 9.58. The molecule has 0 spiro atoms. The second kappa shape index (κ2) is 10.2. The van der Waals surface area contributed by atoms with E-state index in [2.05, 4.69) is 139 Å². The minimum Gasteiger partial charge on any atom is -0.285 e. The quantitative estimate of drug-likeness (QED) is 0.201. The Morgan fingerprint density at radius 2 is 1.19 bits per heavy atom. The molecule has 1 aliphatic heterocycles. The SMILES string of the molecule is C=C1/C=C2\C(=C/N(c3nc(-c4ccccc4)nc(-n4c5ccccc5c5ccccc54)n3)c3ccccc31)c1ccccc1C2(C)C. The molecule has 1 aliphatic carbocycles. The second-order valence-corrected chi connectivity index (χ2v) is 12.7. The fourth-order valence-electron chi connectivity index (χ4n) is 7.27. The maximum Gasteiger partial charge on any atom is 0.240 e.